The molecule has 0 spiro atoms. The van der Waals surface area contributed by atoms with Crippen molar-refractivity contribution in [2.75, 3.05) is 18.2 Å². The molecule has 7 heteroatoms. The molecule has 0 atom stereocenters. The fourth-order valence-corrected chi connectivity index (χ4v) is 3.22. The number of amides is 1. The first kappa shape index (κ1) is 19.6. The highest BCUT2D eigenvalue weighted by atomic mass is 32.2. The number of nitrogens with zero attached hydrogens (tertiary/aromatic N) is 2. The molecule has 1 aromatic carbocycles. The highest BCUT2D eigenvalue weighted by Crippen LogP contribution is 2.25. The largest absolute Gasteiger partial charge is 0.380 e. The van der Waals surface area contributed by atoms with Crippen LogP contribution in [-0.4, -0.2) is 29.5 Å². The van der Waals surface area contributed by atoms with E-state index in [0.717, 1.165) is 11.3 Å². The number of thioether (sulfide) groups is 1. The van der Waals surface area contributed by atoms with Gasteiger partial charge in [-0.3, -0.25) is 9.59 Å². The lowest BCUT2D eigenvalue weighted by atomic mass is 10.1. The first-order valence-corrected chi connectivity index (χ1v) is 8.86. The van der Waals surface area contributed by atoms with Gasteiger partial charge in [0, 0.05) is 24.1 Å². The third kappa shape index (κ3) is 5.15. The molecule has 0 unspecified atom stereocenters. The normalized spacial score (nSPS) is 10.2. The van der Waals surface area contributed by atoms with Crippen molar-refractivity contribution in [3.05, 3.63) is 52.7 Å². The van der Waals surface area contributed by atoms with Crippen LogP contribution in [0, 0.1) is 18.3 Å². The summed E-state index contributed by atoms with van der Waals surface area (Å²) in [6, 6.07) is 10.7. The summed E-state index contributed by atoms with van der Waals surface area (Å²) in [5.41, 5.74) is 3.02. The van der Waals surface area contributed by atoms with Crippen LogP contribution >= 0.6 is 11.8 Å². The maximum absolute atomic E-state index is 12.2. The summed E-state index contributed by atoms with van der Waals surface area (Å²) in [5.74, 6) is -0.207. The Morgan fingerprint density at radius 3 is 2.77 bits per heavy atom. The van der Waals surface area contributed by atoms with E-state index >= 15 is 0 Å². The zero-order valence-electron chi connectivity index (χ0n) is 14.8. The van der Waals surface area contributed by atoms with Crippen molar-refractivity contribution in [2.24, 2.45) is 0 Å². The molecule has 0 bridgehead atoms. The van der Waals surface area contributed by atoms with Gasteiger partial charge in [-0.2, -0.15) is 5.26 Å². The number of nitriles is 1. The van der Waals surface area contributed by atoms with E-state index in [0.29, 0.717) is 28.4 Å². The van der Waals surface area contributed by atoms with Crippen LogP contribution in [0.1, 0.15) is 34.1 Å². The van der Waals surface area contributed by atoms with E-state index in [4.69, 9.17) is 4.74 Å². The topological polar surface area (TPSA) is 92.1 Å². The number of methoxy groups -OCH3 is 1. The molecule has 0 aliphatic rings. The van der Waals surface area contributed by atoms with E-state index < -0.39 is 0 Å². The quantitative estimate of drug-likeness (QED) is 0.594. The molecule has 0 fully saturated rings. The fourth-order valence-electron chi connectivity index (χ4n) is 2.35. The molecular weight excluding hydrogens is 350 g/mol. The summed E-state index contributed by atoms with van der Waals surface area (Å²) in [5, 5.41) is 12.7. The average Bonchev–Trinajstić information content (AvgIpc) is 2.60. The maximum Gasteiger partial charge on any atom is 0.234 e. The molecule has 6 nitrogen and oxygen atoms in total. The number of nitrogens with one attached hydrogen (secondary N) is 1. The van der Waals surface area contributed by atoms with Gasteiger partial charge in [0.15, 0.2) is 5.78 Å². The molecular formula is C19H19N3O3S. The van der Waals surface area contributed by atoms with E-state index in [-0.39, 0.29) is 17.4 Å². The standard InChI is InChI=1S/C19H19N3O3S/c1-12-7-15(10-25-3)17(9-20)19(21-12)26-11-18(24)22-16-6-4-5-14(8-16)13(2)23/h4-8H,10-11H2,1-3H3,(H,22,24). The molecule has 0 saturated heterocycles. The fraction of sp³-hybridized carbons (Fsp3) is 0.263. The minimum absolute atomic E-state index is 0.0660. The van der Waals surface area contributed by atoms with Crippen LogP contribution < -0.4 is 5.32 Å². The van der Waals surface area contributed by atoms with Crippen molar-refractivity contribution in [2.45, 2.75) is 25.5 Å². The third-order valence-electron chi connectivity index (χ3n) is 3.50. The van der Waals surface area contributed by atoms with Crippen molar-refractivity contribution >= 4 is 29.1 Å². The van der Waals surface area contributed by atoms with Crippen molar-refractivity contribution in [3.63, 3.8) is 0 Å². The predicted molar refractivity (Wildman–Crippen MR) is 100 cm³/mol. The van der Waals surface area contributed by atoms with Crippen LogP contribution in [-0.2, 0) is 16.1 Å². The van der Waals surface area contributed by atoms with Gasteiger partial charge in [-0.15, -0.1) is 0 Å². The van der Waals surface area contributed by atoms with Gasteiger partial charge in [-0.1, -0.05) is 23.9 Å². The van der Waals surface area contributed by atoms with Crippen LogP contribution in [0.5, 0.6) is 0 Å². The van der Waals surface area contributed by atoms with E-state index in [2.05, 4.69) is 16.4 Å². The van der Waals surface area contributed by atoms with Crippen molar-refractivity contribution < 1.29 is 14.3 Å². The number of ketones is 1. The minimum atomic E-state index is -0.240. The van der Waals surface area contributed by atoms with E-state index in [9.17, 15) is 14.9 Å². The molecule has 0 aliphatic carbocycles. The Bertz CT molecular complexity index is 875. The van der Waals surface area contributed by atoms with E-state index in [1.807, 2.05) is 6.92 Å². The molecule has 2 aromatic rings. The minimum Gasteiger partial charge on any atom is -0.380 e. The number of anilines is 1. The van der Waals surface area contributed by atoms with E-state index in [1.165, 1.54) is 18.7 Å². The molecule has 1 N–H and O–H groups in total. The maximum atomic E-state index is 12.2. The van der Waals surface area contributed by atoms with Gasteiger partial charge < -0.3 is 10.1 Å². The lowest BCUT2D eigenvalue weighted by Gasteiger charge is -2.10. The zero-order chi connectivity index (χ0) is 19.1. The van der Waals surface area contributed by atoms with Crippen LogP contribution in [0.15, 0.2) is 35.4 Å². The number of ether oxygens (including phenoxy) is 1. The van der Waals surface area contributed by atoms with Crippen molar-refractivity contribution in [1.82, 2.24) is 4.98 Å². The number of pyridine rings is 1. The van der Waals surface area contributed by atoms with Gasteiger partial charge in [0.1, 0.15) is 11.1 Å². The number of rotatable bonds is 7. The molecule has 0 aliphatic heterocycles. The summed E-state index contributed by atoms with van der Waals surface area (Å²) in [4.78, 5) is 28.0. The molecule has 1 amide bonds. The van der Waals surface area contributed by atoms with Crippen LogP contribution in [0.3, 0.4) is 0 Å². The Labute approximate surface area is 156 Å². The molecule has 0 radical (unpaired) electrons. The summed E-state index contributed by atoms with van der Waals surface area (Å²) >= 11 is 1.20. The first-order chi connectivity index (χ1) is 12.4. The predicted octanol–water partition coefficient (Wildman–Crippen LogP) is 3.34. The summed E-state index contributed by atoms with van der Waals surface area (Å²) in [7, 11) is 1.56. The highest BCUT2D eigenvalue weighted by Gasteiger charge is 2.14. The van der Waals surface area contributed by atoms with E-state index in [1.54, 1.807) is 37.4 Å². The Kier molecular flexibility index (Phi) is 6.89. The third-order valence-corrected chi connectivity index (χ3v) is 4.48. The molecule has 26 heavy (non-hydrogen) atoms. The smallest absolute Gasteiger partial charge is 0.234 e. The monoisotopic (exact) mass is 369 g/mol. The second-order valence-electron chi connectivity index (χ2n) is 5.62. The van der Waals surface area contributed by atoms with Gasteiger partial charge in [0.2, 0.25) is 5.91 Å². The number of carbonyl (C=O) groups is 2. The Morgan fingerprint density at radius 1 is 1.35 bits per heavy atom. The summed E-state index contributed by atoms with van der Waals surface area (Å²) < 4.78 is 5.12. The number of hydrogen-bond donors (Lipinski definition) is 1. The molecule has 134 valence electrons. The Morgan fingerprint density at radius 2 is 2.12 bits per heavy atom. The second-order valence-corrected chi connectivity index (χ2v) is 6.59. The number of carbonyl (C=O) groups excluding carboxylic acids is 2. The highest BCUT2D eigenvalue weighted by molar-refractivity contribution is 8.00. The molecule has 2 rings (SSSR count). The number of hydrogen-bond acceptors (Lipinski definition) is 6. The Hall–Kier alpha value is -2.69. The summed E-state index contributed by atoms with van der Waals surface area (Å²) in [6.07, 6.45) is 0. The second kappa shape index (κ2) is 9.13. The van der Waals surface area contributed by atoms with Crippen molar-refractivity contribution in [1.29, 1.82) is 5.26 Å². The van der Waals surface area contributed by atoms with Crippen LogP contribution in [0.25, 0.3) is 0 Å². The molecule has 0 saturated carbocycles. The lowest BCUT2D eigenvalue weighted by Crippen LogP contribution is -2.15. The van der Waals surface area contributed by atoms with Gasteiger partial charge in [-0.25, -0.2) is 4.98 Å². The van der Waals surface area contributed by atoms with Gasteiger partial charge in [0.05, 0.1) is 17.9 Å². The number of benzene rings is 1. The summed E-state index contributed by atoms with van der Waals surface area (Å²) in [6.45, 7) is 3.61. The van der Waals surface area contributed by atoms with Crippen molar-refractivity contribution in [3.8, 4) is 6.07 Å². The first-order valence-electron chi connectivity index (χ1n) is 7.87. The molecule has 1 heterocycles. The number of aryl methyl sites for hydroxylation is 1. The van der Waals surface area contributed by atoms with Gasteiger partial charge in [0.25, 0.3) is 0 Å². The number of Topliss-reactive ketones (excluding diaryl/α,β-unsaturated/α-hetero) is 1. The average molecular weight is 369 g/mol. The zero-order valence-corrected chi connectivity index (χ0v) is 15.6. The Balaban J connectivity index is 2.09. The SMILES string of the molecule is COCc1cc(C)nc(SCC(=O)Nc2cccc(C(C)=O)c2)c1C#N. The van der Waals surface area contributed by atoms with Crippen LogP contribution in [0.2, 0.25) is 0 Å². The number of aromatic nitrogens is 1. The lowest BCUT2D eigenvalue weighted by molar-refractivity contribution is -0.113. The molecule has 1 aromatic heterocycles. The van der Waals surface area contributed by atoms with Gasteiger partial charge in [-0.05, 0) is 37.6 Å². The van der Waals surface area contributed by atoms with Crippen LogP contribution in [0.4, 0.5) is 5.69 Å². The van der Waals surface area contributed by atoms with Gasteiger partial charge >= 0.3 is 0 Å².